The van der Waals surface area contributed by atoms with Crippen LogP contribution in [-0.2, 0) is 4.79 Å². The minimum Gasteiger partial charge on any atom is -0.480 e. The van der Waals surface area contributed by atoms with Gasteiger partial charge in [-0.1, -0.05) is 11.6 Å². The summed E-state index contributed by atoms with van der Waals surface area (Å²) in [7, 11) is 0. The first kappa shape index (κ1) is 18.8. The van der Waals surface area contributed by atoms with Gasteiger partial charge in [-0.15, -0.1) is 0 Å². The van der Waals surface area contributed by atoms with E-state index in [1.54, 1.807) is 47.1 Å². The van der Waals surface area contributed by atoms with E-state index in [1.807, 2.05) is 0 Å². The number of furan rings is 1. The molecule has 1 fully saturated rings. The van der Waals surface area contributed by atoms with Gasteiger partial charge < -0.3 is 19.0 Å². The number of hydrogen-bond acceptors (Lipinski definition) is 4. The van der Waals surface area contributed by atoms with Crippen LogP contribution in [0.1, 0.15) is 17.5 Å². The molecular weight excluding hydrogens is 424 g/mol. The molecule has 2 aromatic rings. The van der Waals surface area contributed by atoms with E-state index >= 15 is 0 Å². The van der Waals surface area contributed by atoms with Crippen LogP contribution in [0.5, 0.6) is 5.75 Å². The van der Waals surface area contributed by atoms with Gasteiger partial charge in [0, 0.05) is 31.2 Å². The fourth-order valence-electron chi connectivity index (χ4n) is 2.75. The summed E-state index contributed by atoms with van der Waals surface area (Å²) in [6, 6.07) is 8.46. The fraction of sp³-hybridized carbons (Fsp3) is 0.333. The van der Waals surface area contributed by atoms with Crippen LogP contribution in [-0.4, -0.2) is 53.9 Å². The molecule has 1 unspecified atom stereocenters. The standard InChI is InChI=1S/C18H18BrClN2O4/c1-12(26-15-5-4-13(20)11-14(15)19)17(23)21-6-8-22(9-7-21)18(24)16-3-2-10-25-16/h2-5,10-12H,6-9H2,1H3. The first-order valence-electron chi connectivity index (χ1n) is 8.19. The molecule has 0 aliphatic carbocycles. The van der Waals surface area contributed by atoms with Gasteiger partial charge in [-0.3, -0.25) is 9.59 Å². The predicted octanol–water partition coefficient (Wildman–Crippen LogP) is 3.45. The Morgan fingerprint density at radius 3 is 2.50 bits per heavy atom. The maximum absolute atomic E-state index is 12.6. The van der Waals surface area contributed by atoms with Gasteiger partial charge in [-0.2, -0.15) is 0 Å². The van der Waals surface area contributed by atoms with E-state index in [0.29, 0.717) is 47.2 Å². The van der Waals surface area contributed by atoms with E-state index in [4.69, 9.17) is 20.8 Å². The summed E-state index contributed by atoms with van der Waals surface area (Å²) in [6.07, 6.45) is 0.834. The third-order valence-electron chi connectivity index (χ3n) is 4.16. The quantitative estimate of drug-likeness (QED) is 0.729. The first-order chi connectivity index (χ1) is 12.5. The molecule has 1 aliphatic rings. The van der Waals surface area contributed by atoms with Gasteiger partial charge in [0.1, 0.15) is 5.75 Å². The summed E-state index contributed by atoms with van der Waals surface area (Å²) >= 11 is 9.29. The van der Waals surface area contributed by atoms with E-state index in [1.165, 1.54) is 6.26 Å². The Labute approximate surface area is 164 Å². The molecule has 0 bridgehead atoms. The molecule has 1 aromatic carbocycles. The van der Waals surface area contributed by atoms with Crippen molar-refractivity contribution >= 4 is 39.3 Å². The van der Waals surface area contributed by atoms with E-state index in [9.17, 15) is 9.59 Å². The Morgan fingerprint density at radius 1 is 1.19 bits per heavy atom. The highest BCUT2D eigenvalue weighted by Crippen LogP contribution is 2.29. The van der Waals surface area contributed by atoms with Crippen LogP contribution in [0.15, 0.2) is 45.5 Å². The molecule has 3 rings (SSSR count). The van der Waals surface area contributed by atoms with Crippen LogP contribution in [0, 0.1) is 0 Å². The van der Waals surface area contributed by atoms with Crippen molar-refractivity contribution < 1.29 is 18.7 Å². The van der Waals surface area contributed by atoms with Crippen molar-refractivity contribution in [2.75, 3.05) is 26.2 Å². The number of rotatable bonds is 4. The van der Waals surface area contributed by atoms with Crippen molar-refractivity contribution in [2.45, 2.75) is 13.0 Å². The Bertz CT molecular complexity index is 788. The summed E-state index contributed by atoms with van der Waals surface area (Å²) in [5.41, 5.74) is 0. The highest BCUT2D eigenvalue weighted by molar-refractivity contribution is 9.10. The van der Waals surface area contributed by atoms with Crippen molar-refractivity contribution in [3.05, 3.63) is 51.9 Å². The topological polar surface area (TPSA) is 63.0 Å². The van der Waals surface area contributed by atoms with Gasteiger partial charge >= 0.3 is 0 Å². The number of amides is 2. The third-order valence-corrected chi connectivity index (χ3v) is 5.01. The number of nitrogens with zero attached hydrogens (tertiary/aromatic N) is 2. The molecule has 0 saturated carbocycles. The molecule has 0 spiro atoms. The molecule has 1 aliphatic heterocycles. The molecule has 8 heteroatoms. The van der Waals surface area contributed by atoms with Gasteiger partial charge in [-0.05, 0) is 53.2 Å². The second kappa shape index (κ2) is 8.14. The first-order valence-corrected chi connectivity index (χ1v) is 9.36. The van der Waals surface area contributed by atoms with Gasteiger partial charge in [0.2, 0.25) is 0 Å². The second-order valence-corrected chi connectivity index (χ2v) is 7.22. The van der Waals surface area contributed by atoms with Gasteiger partial charge in [0.05, 0.1) is 10.7 Å². The molecule has 1 atom stereocenters. The summed E-state index contributed by atoms with van der Waals surface area (Å²) in [5.74, 6) is 0.601. The smallest absolute Gasteiger partial charge is 0.289 e. The normalized spacial score (nSPS) is 15.7. The fourth-order valence-corrected chi connectivity index (χ4v) is 3.53. The average molecular weight is 442 g/mol. The van der Waals surface area contributed by atoms with E-state index < -0.39 is 6.10 Å². The van der Waals surface area contributed by atoms with E-state index in [-0.39, 0.29) is 11.8 Å². The monoisotopic (exact) mass is 440 g/mol. The lowest BCUT2D eigenvalue weighted by Gasteiger charge is -2.35. The number of benzene rings is 1. The van der Waals surface area contributed by atoms with Gasteiger partial charge in [0.25, 0.3) is 11.8 Å². The zero-order valence-electron chi connectivity index (χ0n) is 14.2. The van der Waals surface area contributed by atoms with Crippen LogP contribution in [0.4, 0.5) is 0 Å². The van der Waals surface area contributed by atoms with Crippen LogP contribution in [0.3, 0.4) is 0 Å². The molecule has 1 saturated heterocycles. The maximum atomic E-state index is 12.6. The van der Waals surface area contributed by atoms with Crippen molar-refractivity contribution in [1.82, 2.24) is 9.80 Å². The van der Waals surface area contributed by atoms with Crippen molar-refractivity contribution in [2.24, 2.45) is 0 Å². The van der Waals surface area contributed by atoms with Crippen molar-refractivity contribution in [3.63, 3.8) is 0 Å². The van der Waals surface area contributed by atoms with Crippen LogP contribution >= 0.6 is 27.5 Å². The minimum absolute atomic E-state index is 0.114. The third kappa shape index (κ3) is 4.22. The lowest BCUT2D eigenvalue weighted by molar-refractivity contribution is -0.139. The molecule has 138 valence electrons. The molecule has 0 radical (unpaired) electrons. The lowest BCUT2D eigenvalue weighted by atomic mass is 10.2. The van der Waals surface area contributed by atoms with Crippen LogP contribution in [0.25, 0.3) is 0 Å². The molecule has 1 aromatic heterocycles. The highest BCUT2D eigenvalue weighted by atomic mass is 79.9. The van der Waals surface area contributed by atoms with E-state index in [0.717, 1.165) is 0 Å². The maximum Gasteiger partial charge on any atom is 0.289 e. The molecule has 26 heavy (non-hydrogen) atoms. The Kier molecular flexibility index (Phi) is 5.88. The summed E-state index contributed by atoms with van der Waals surface area (Å²) in [4.78, 5) is 28.3. The minimum atomic E-state index is -0.639. The van der Waals surface area contributed by atoms with Crippen LogP contribution in [0.2, 0.25) is 5.02 Å². The number of ether oxygens (including phenoxy) is 1. The van der Waals surface area contributed by atoms with Crippen LogP contribution < -0.4 is 4.74 Å². The molecular formula is C18H18BrClN2O4. The van der Waals surface area contributed by atoms with Crippen molar-refractivity contribution in [3.8, 4) is 5.75 Å². The number of carbonyl (C=O) groups excluding carboxylic acids is 2. The average Bonchev–Trinajstić information content (AvgIpc) is 3.17. The SMILES string of the molecule is CC(Oc1ccc(Cl)cc1Br)C(=O)N1CCN(C(=O)c2ccco2)CC1. The predicted molar refractivity (Wildman–Crippen MR) is 100 cm³/mol. The summed E-state index contributed by atoms with van der Waals surface area (Å²) in [6.45, 7) is 3.55. The Morgan fingerprint density at radius 2 is 1.88 bits per heavy atom. The molecule has 6 nitrogen and oxygen atoms in total. The largest absolute Gasteiger partial charge is 0.480 e. The number of carbonyl (C=O) groups is 2. The Hall–Kier alpha value is -1.99. The molecule has 0 N–H and O–H groups in total. The van der Waals surface area contributed by atoms with Gasteiger partial charge in [0.15, 0.2) is 11.9 Å². The molecule has 2 amide bonds. The Balaban J connectivity index is 1.55. The zero-order valence-corrected chi connectivity index (χ0v) is 16.5. The number of hydrogen-bond donors (Lipinski definition) is 0. The molecule has 2 heterocycles. The van der Waals surface area contributed by atoms with E-state index in [2.05, 4.69) is 15.9 Å². The second-order valence-electron chi connectivity index (χ2n) is 5.93. The van der Waals surface area contributed by atoms with Gasteiger partial charge in [-0.25, -0.2) is 0 Å². The lowest BCUT2D eigenvalue weighted by Crippen LogP contribution is -2.53. The highest BCUT2D eigenvalue weighted by Gasteiger charge is 2.29. The zero-order chi connectivity index (χ0) is 18.7. The summed E-state index contributed by atoms with van der Waals surface area (Å²) < 4.78 is 11.6. The number of piperazine rings is 1. The van der Waals surface area contributed by atoms with Crippen molar-refractivity contribution in [1.29, 1.82) is 0 Å². The summed E-state index contributed by atoms with van der Waals surface area (Å²) in [5, 5.41) is 0.584. The number of halogens is 2.